The molecule has 3 nitrogen and oxygen atoms in total. The normalized spacial score (nSPS) is 10.3. The van der Waals surface area contributed by atoms with Crippen LogP contribution in [0.2, 0.25) is 0 Å². The molecule has 98 valence electrons. The molecule has 0 amide bonds. The van der Waals surface area contributed by atoms with Crippen LogP contribution in [-0.4, -0.2) is 9.97 Å². The van der Waals surface area contributed by atoms with Crippen LogP contribution in [0.5, 0.6) is 11.6 Å². The van der Waals surface area contributed by atoms with Gasteiger partial charge in [0.2, 0.25) is 5.88 Å². The smallest absolute Gasteiger partial charge is 0.229 e. The van der Waals surface area contributed by atoms with Crippen molar-refractivity contribution >= 4 is 33.1 Å². The highest BCUT2D eigenvalue weighted by molar-refractivity contribution is 9.10. The lowest BCUT2D eigenvalue weighted by atomic mass is 10.2. The Hall–Kier alpha value is -1.46. The summed E-state index contributed by atoms with van der Waals surface area (Å²) in [5, 5.41) is 0. The second-order valence-electron chi connectivity index (χ2n) is 4.18. The second kappa shape index (κ2) is 5.67. The SMILES string of the molecule is Cc1ccc(C(N)=S)c(Oc2ccc(Br)cc2C)n1. The van der Waals surface area contributed by atoms with Crippen molar-refractivity contribution in [3.63, 3.8) is 0 Å². The molecule has 0 aliphatic rings. The van der Waals surface area contributed by atoms with Gasteiger partial charge in [0.15, 0.2) is 0 Å². The predicted octanol–water partition coefficient (Wildman–Crippen LogP) is 3.89. The summed E-state index contributed by atoms with van der Waals surface area (Å²) in [7, 11) is 0. The summed E-state index contributed by atoms with van der Waals surface area (Å²) in [6, 6.07) is 9.46. The maximum Gasteiger partial charge on any atom is 0.229 e. The van der Waals surface area contributed by atoms with E-state index in [1.165, 1.54) is 0 Å². The van der Waals surface area contributed by atoms with Crippen molar-refractivity contribution in [2.75, 3.05) is 0 Å². The number of aromatic nitrogens is 1. The molecule has 2 rings (SSSR count). The van der Waals surface area contributed by atoms with E-state index in [4.69, 9.17) is 22.7 Å². The van der Waals surface area contributed by atoms with Crippen LogP contribution in [0.25, 0.3) is 0 Å². The fraction of sp³-hybridized carbons (Fsp3) is 0.143. The van der Waals surface area contributed by atoms with E-state index < -0.39 is 0 Å². The van der Waals surface area contributed by atoms with Crippen LogP contribution >= 0.6 is 28.1 Å². The van der Waals surface area contributed by atoms with Crippen LogP contribution in [0, 0.1) is 13.8 Å². The van der Waals surface area contributed by atoms with Crippen molar-refractivity contribution in [3.05, 3.63) is 51.6 Å². The first-order chi connectivity index (χ1) is 8.97. The van der Waals surface area contributed by atoms with Gasteiger partial charge >= 0.3 is 0 Å². The molecule has 1 aromatic carbocycles. The van der Waals surface area contributed by atoms with Gasteiger partial charge in [-0.05, 0) is 49.7 Å². The minimum Gasteiger partial charge on any atom is -0.438 e. The number of hydrogen-bond acceptors (Lipinski definition) is 3. The first-order valence-corrected chi connectivity index (χ1v) is 6.89. The second-order valence-corrected chi connectivity index (χ2v) is 5.54. The Bertz CT molecular complexity index is 643. The van der Waals surface area contributed by atoms with Crippen LogP contribution < -0.4 is 10.5 Å². The van der Waals surface area contributed by atoms with Gasteiger partial charge in [0.1, 0.15) is 10.7 Å². The lowest BCUT2D eigenvalue weighted by molar-refractivity contribution is 0.457. The molecule has 2 aromatic rings. The predicted molar refractivity (Wildman–Crippen MR) is 83.8 cm³/mol. The Kier molecular flexibility index (Phi) is 4.17. The average Bonchev–Trinajstić information content (AvgIpc) is 2.32. The van der Waals surface area contributed by atoms with Gasteiger partial charge in [-0.25, -0.2) is 4.98 Å². The van der Waals surface area contributed by atoms with E-state index in [0.29, 0.717) is 11.4 Å². The Morgan fingerprint density at radius 2 is 2.00 bits per heavy atom. The van der Waals surface area contributed by atoms with Crippen molar-refractivity contribution < 1.29 is 4.74 Å². The Balaban J connectivity index is 2.42. The monoisotopic (exact) mass is 336 g/mol. The summed E-state index contributed by atoms with van der Waals surface area (Å²) in [4.78, 5) is 4.63. The van der Waals surface area contributed by atoms with Crippen LogP contribution in [0.3, 0.4) is 0 Å². The standard InChI is InChI=1S/C14H13BrN2OS/c1-8-7-10(15)4-6-12(8)18-14-11(13(16)19)5-3-9(2)17-14/h3-7H,1-2H3,(H2,16,19). The van der Waals surface area contributed by atoms with Gasteiger partial charge in [-0.2, -0.15) is 0 Å². The Morgan fingerprint density at radius 3 is 2.63 bits per heavy atom. The van der Waals surface area contributed by atoms with Crippen molar-refractivity contribution in [1.29, 1.82) is 0 Å². The molecule has 0 spiro atoms. The van der Waals surface area contributed by atoms with Gasteiger partial charge in [-0.1, -0.05) is 28.1 Å². The van der Waals surface area contributed by atoms with Crippen LogP contribution in [0.4, 0.5) is 0 Å². The first-order valence-electron chi connectivity index (χ1n) is 5.69. The van der Waals surface area contributed by atoms with Gasteiger partial charge in [0.25, 0.3) is 0 Å². The Labute approximate surface area is 125 Å². The van der Waals surface area contributed by atoms with Gasteiger partial charge in [0, 0.05) is 10.2 Å². The quantitative estimate of drug-likeness (QED) is 0.864. The molecule has 0 bridgehead atoms. The van der Waals surface area contributed by atoms with Crippen molar-refractivity contribution in [1.82, 2.24) is 4.98 Å². The van der Waals surface area contributed by atoms with E-state index in [0.717, 1.165) is 21.5 Å². The van der Waals surface area contributed by atoms with E-state index >= 15 is 0 Å². The number of aryl methyl sites for hydroxylation is 2. The molecule has 0 radical (unpaired) electrons. The number of halogens is 1. The van der Waals surface area contributed by atoms with Crippen molar-refractivity contribution in [3.8, 4) is 11.6 Å². The fourth-order valence-corrected chi connectivity index (χ4v) is 2.26. The van der Waals surface area contributed by atoms with Crippen LogP contribution in [0.1, 0.15) is 16.8 Å². The van der Waals surface area contributed by atoms with E-state index in [9.17, 15) is 0 Å². The molecule has 0 unspecified atom stereocenters. The van der Waals surface area contributed by atoms with E-state index in [1.807, 2.05) is 44.2 Å². The number of nitrogens with two attached hydrogens (primary N) is 1. The fourth-order valence-electron chi connectivity index (χ4n) is 1.63. The van der Waals surface area contributed by atoms with Gasteiger partial charge < -0.3 is 10.5 Å². The van der Waals surface area contributed by atoms with Gasteiger partial charge in [-0.15, -0.1) is 0 Å². The highest BCUT2D eigenvalue weighted by Crippen LogP contribution is 2.28. The van der Waals surface area contributed by atoms with Gasteiger partial charge in [-0.3, -0.25) is 0 Å². The zero-order chi connectivity index (χ0) is 14.0. The summed E-state index contributed by atoms with van der Waals surface area (Å²) in [6.07, 6.45) is 0. The molecular weight excluding hydrogens is 324 g/mol. The summed E-state index contributed by atoms with van der Waals surface area (Å²) in [5.41, 5.74) is 8.18. The van der Waals surface area contributed by atoms with Crippen LogP contribution in [-0.2, 0) is 0 Å². The molecule has 19 heavy (non-hydrogen) atoms. The topological polar surface area (TPSA) is 48.1 Å². The largest absolute Gasteiger partial charge is 0.438 e. The number of nitrogens with zero attached hydrogens (tertiary/aromatic N) is 1. The van der Waals surface area contributed by atoms with Crippen molar-refractivity contribution in [2.45, 2.75) is 13.8 Å². The molecule has 0 aliphatic carbocycles. The summed E-state index contributed by atoms with van der Waals surface area (Å²) < 4.78 is 6.84. The van der Waals surface area contributed by atoms with Crippen LogP contribution in [0.15, 0.2) is 34.8 Å². The minimum atomic E-state index is 0.275. The number of benzene rings is 1. The summed E-state index contributed by atoms with van der Waals surface area (Å²) in [6.45, 7) is 3.86. The zero-order valence-electron chi connectivity index (χ0n) is 10.6. The lowest BCUT2D eigenvalue weighted by Crippen LogP contribution is -2.12. The number of pyridine rings is 1. The molecule has 0 atom stereocenters. The number of thiocarbonyl (C=S) groups is 1. The molecule has 0 aliphatic heterocycles. The van der Waals surface area contributed by atoms with E-state index in [2.05, 4.69) is 20.9 Å². The Morgan fingerprint density at radius 1 is 1.26 bits per heavy atom. The first kappa shape index (κ1) is 14.0. The van der Waals surface area contributed by atoms with Gasteiger partial charge in [0.05, 0.1) is 5.56 Å². The highest BCUT2D eigenvalue weighted by Gasteiger charge is 2.11. The van der Waals surface area contributed by atoms with E-state index in [1.54, 1.807) is 0 Å². The number of rotatable bonds is 3. The lowest BCUT2D eigenvalue weighted by Gasteiger charge is -2.12. The average molecular weight is 337 g/mol. The molecule has 2 N–H and O–H groups in total. The molecule has 1 heterocycles. The molecule has 1 aromatic heterocycles. The highest BCUT2D eigenvalue weighted by atomic mass is 79.9. The summed E-state index contributed by atoms with van der Waals surface area (Å²) in [5.74, 6) is 1.18. The van der Waals surface area contributed by atoms with E-state index in [-0.39, 0.29) is 4.99 Å². The third kappa shape index (κ3) is 3.30. The maximum absolute atomic E-state index is 5.84. The molecule has 0 saturated heterocycles. The maximum atomic E-state index is 5.84. The number of ether oxygens (including phenoxy) is 1. The molecule has 0 saturated carbocycles. The third-order valence-electron chi connectivity index (χ3n) is 2.61. The third-order valence-corrected chi connectivity index (χ3v) is 3.32. The summed E-state index contributed by atoms with van der Waals surface area (Å²) >= 11 is 8.43. The van der Waals surface area contributed by atoms with Crippen molar-refractivity contribution in [2.24, 2.45) is 5.73 Å². The molecule has 5 heteroatoms. The number of hydrogen-bond donors (Lipinski definition) is 1. The minimum absolute atomic E-state index is 0.275. The molecule has 0 fully saturated rings. The molecular formula is C14H13BrN2OS. The zero-order valence-corrected chi connectivity index (χ0v) is 13.0.